The molecule has 1 rings (SSSR count). The monoisotopic (exact) mass is 300 g/mol. The van der Waals surface area contributed by atoms with Gasteiger partial charge >= 0.3 is 0 Å². The third kappa shape index (κ3) is 4.32. The van der Waals surface area contributed by atoms with Crippen molar-refractivity contribution >= 4 is 21.4 Å². The van der Waals surface area contributed by atoms with E-state index >= 15 is 0 Å². The Morgan fingerprint density at radius 1 is 1.47 bits per heavy atom. The van der Waals surface area contributed by atoms with Crippen LogP contribution in [0.4, 0.5) is 0 Å². The predicted octanol–water partition coefficient (Wildman–Crippen LogP) is 1.89. The summed E-state index contributed by atoms with van der Waals surface area (Å²) in [6, 6.07) is 1.72. The van der Waals surface area contributed by atoms with Gasteiger partial charge in [-0.3, -0.25) is 0 Å². The zero-order valence-corrected chi connectivity index (χ0v) is 13.0. The summed E-state index contributed by atoms with van der Waals surface area (Å²) in [5.41, 5.74) is 0. The fourth-order valence-electron chi connectivity index (χ4n) is 1.59. The van der Waals surface area contributed by atoms with Crippen LogP contribution in [0.1, 0.15) is 25.1 Å². The van der Waals surface area contributed by atoms with Crippen molar-refractivity contribution in [1.82, 2.24) is 9.62 Å². The number of thiophene rings is 1. The molecule has 6 heteroatoms. The minimum atomic E-state index is -3.45. The van der Waals surface area contributed by atoms with Crippen LogP contribution in [0.3, 0.4) is 0 Å². The van der Waals surface area contributed by atoms with Crippen molar-refractivity contribution in [3.05, 3.63) is 16.3 Å². The van der Waals surface area contributed by atoms with Gasteiger partial charge in [0.1, 0.15) is 0 Å². The van der Waals surface area contributed by atoms with E-state index in [0.29, 0.717) is 18.0 Å². The lowest BCUT2D eigenvalue weighted by atomic mass is 10.4. The van der Waals surface area contributed by atoms with Crippen molar-refractivity contribution in [1.29, 1.82) is 0 Å². The molecule has 1 aromatic heterocycles. The Morgan fingerprint density at radius 2 is 2.21 bits per heavy atom. The highest BCUT2D eigenvalue weighted by molar-refractivity contribution is 7.89. The summed E-state index contributed by atoms with van der Waals surface area (Å²) in [6.07, 6.45) is 6.26. The van der Waals surface area contributed by atoms with Crippen LogP contribution in [-0.4, -0.2) is 32.4 Å². The number of rotatable bonds is 8. The van der Waals surface area contributed by atoms with Gasteiger partial charge in [-0.2, -0.15) is 4.31 Å². The van der Waals surface area contributed by atoms with Crippen LogP contribution in [0.15, 0.2) is 16.3 Å². The molecule has 0 aromatic carbocycles. The van der Waals surface area contributed by atoms with E-state index in [4.69, 9.17) is 6.42 Å². The smallest absolute Gasteiger partial charge is 0.244 e. The Balaban J connectivity index is 2.82. The second-order valence-corrected chi connectivity index (χ2v) is 6.99. The number of nitrogens with one attached hydrogen (secondary N) is 1. The first-order chi connectivity index (χ1) is 9.06. The molecule has 0 radical (unpaired) electrons. The summed E-state index contributed by atoms with van der Waals surface area (Å²) in [5.74, 6) is 2.38. The van der Waals surface area contributed by atoms with Gasteiger partial charge in [-0.15, -0.1) is 17.8 Å². The number of nitrogens with zero attached hydrogens (tertiary/aromatic N) is 1. The van der Waals surface area contributed by atoms with Gasteiger partial charge < -0.3 is 5.32 Å². The molecule has 106 valence electrons. The molecule has 0 spiro atoms. The number of hydrogen-bond donors (Lipinski definition) is 1. The van der Waals surface area contributed by atoms with Crippen molar-refractivity contribution in [3.8, 4) is 12.3 Å². The lowest BCUT2D eigenvalue weighted by Gasteiger charge is -2.16. The third-order valence-electron chi connectivity index (χ3n) is 2.61. The van der Waals surface area contributed by atoms with Crippen LogP contribution in [0.5, 0.6) is 0 Å². The molecule has 1 N–H and O–H groups in total. The van der Waals surface area contributed by atoms with Crippen molar-refractivity contribution in [2.24, 2.45) is 0 Å². The highest BCUT2D eigenvalue weighted by Crippen LogP contribution is 2.22. The fourth-order valence-corrected chi connectivity index (χ4v) is 4.19. The molecule has 4 nitrogen and oxygen atoms in total. The lowest BCUT2D eigenvalue weighted by Crippen LogP contribution is -2.30. The number of sulfonamides is 1. The van der Waals surface area contributed by atoms with Crippen molar-refractivity contribution in [2.45, 2.75) is 31.7 Å². The van der Waals surface area contributed by atoms with Gasteiger partial charge in [0.2, 0.25) is 10.0 Å². The van der Waals surface area contributed by atoms with Gasteiger partial charge in [0.15, 0.2) is 0 Å². The van der Waals surface area contributed by atoms with Crippen LogP contribution >= 0.6 is 11.3 Å². The molecule has 1 heterocycles. The van der Waals surface area contributed by atoms with E-state index in [1.807, 2.05) is 0 Å². The van der Waals surface area contributed by atoms with Gasteiger partial charge in [-0.1, -0.05) is 19.8 Å². The van der Waals surface area contributed by atoms with E-state index in [2.05, 4.69) is 18.2 Å². The van der Waals surface area contributed by atoms with E-state index in [1.165, 1.54) is 15.6 Å². The molecule has 0 saturated heterocycles. The molecule has 0 saturated carbocycles. The summed E-state index contributed by atoms with van der Waals surface area (Å²) in [7, 11) is -3.45. The number of hydrogen-bond acceptors (Lipinski definition) is 4. The maximum atomic E-state index is 12.3. The van der Waals surface area contributed by atoms with E-state index in [0.717, 1.165) is 17.8 Å². The highest BCUT2D eigenvalue weighted by Gasteiger charge is 2.23. The Labute approximate surface area is 119 Å². The van der Waals surface area contributed by atoms with E-state index in [9.17, 15) is 8.42 Å². The predicted molar refractivity (Wildman–Crippen MR) is 79.6 cm³/mol. The molecule has 0 atom stereocenters. The van der Waals surface area contributed by atoms with Crippen LogP contribution in [0, 0.1) is 12.3 Å². The van der Waals surface area contributed by atoms with Gasteiger partial charge in [-0.25, -0.2) is 8.42 Å². The molecule has 0 aliphatic heterocycles. The van der Waals surface area contributed by atoms with E-state index in [1.54, 1.807) is 18.4 Å². The zero-order valence-electron chi connectivity index (χ0n) is 11.3. The highest BCUT2D eigenvalue weighted by atomic mass is 32.2. The maximum Gasteiger partial charge on any atom is 0.244 e. The SMILES string of the molecule is C#CCN(CC)S(=O)(=O)c1csc(CNCCC)c1. The van der Waals surface area contributed by atoms with Crippen LogP contribution in [0.2, 0.25) is 0 Å². The molecular weight excluding hydrogens is 280 g/mol. The molecule has 0 fully saturated rings. The quantitative estimate of drug-likeness (QED) is 0.589. The average Bonchev–Trinajstić information content (AvgIpc) is 2.85. The first kappa shape index (κ1) is 16.2. The Bertz CT molecular complexity index is 529. The van der Waals surface area contributed by atoms with Crippen LogP contribution in [0.25, 0.3) is 0 Å². The summed E-state index contributed by atoms with van der Waals surface area (Å²) < 4.78 is 25.9. The van der Waals surface area contributed by atoms with Crippen molar-refractivity contribution in [3.63, 3.8) is 0 Å². The zero-order chi connectivity index (χ0) is 14.3. The lowest BCUT2D eigenvalue weighted by molar-refractivity contribution is 0.464. The molecule has 19 heavy (non-hydrogen) atoms. The minimum absolute atomic E-state index is 0.109. The maximum absolute atomic E-state index is 12.3. The first-order valence-corrected chi connectivity index (χ1v) is 8.60. The average molecular weight is 300 g/mol. The molecule has 0 aliphatic rings. The summed E-state index contributed by atoms with van der Waals surface area (Å²) >= 11 is 1.45. The summed E-state index contributed by atoms with van der Waals surface area (Å²) in [5, 5.41) is 4.93. The van der Waals surface area contributed by atoms with E-state index in [-0.39, 0.29) is 6.54 Å². The van der Waals surface area contributed by atoms with Crippen molar-refractivity contribution in [2.75, 3.05) is 19.6 Å². The van der Waals surface area contributed by atoms with Gasteiger partial charge in [0.25, 0.3) is 0 Å². The molecule has 0 unspecified atom stereocenters. The standard InChI is InChI=1S/C13H20N2O2S2/c1-4-7-14-10-12-9-13(11-18-12)19(16,17)15(6-3)8-5-2/h2,9,11,14H,4,6-8,10H2,1,3H3. The molecule has 1 aromatic rings. The van der Waals surface area contributed by atoms with Gasteiger partial charge in [-0.05, 0) is 19.0 Å². The van der Waals surface area contributed by atoms with Gasteiger partial charge in [0, 0.05) is 23.3 Å². The Hall–Kier alpha value is -0.870. The molecule has 0 aliphatic carbocycles. The molecular formula is C13H20N2O2S2. The second kappa shape index (κ2) is 7.65. The molecule has 0 amide bonds. The third-order valence-corrected chi connectivity index (χ3v) is 5.60. The minimum Gasteiger partial charge on any atom is -0.312 e. The summed E-state index contributed by atoms with van der Waals surface area (Å²) in [6.45, 7) is 6.00. The Kier molecular flexibility index (Phi) is 6.52. The first-order valence-electron chi connectivity index (χ1n) is 6.28. The second-order valence-electron chi connectivity index (χ2n) is 4.06. The molecule has 0 bridgehead atoms. The van der Waals surface area contributed by atoms with E-state index < -0.39 is 10.0 Å². The largest absolute Gasteiger partial charge is 0.312 e. The Morgan fingerprint density at radius 3 is 2.79 bits per heavy atom. The normalized spacial score (nSPS) is 11.7. The summed E-state index contributed by atoms with van der Waals surface area (Å²) in [4.78, 5) is 1.35. The van der Waals surface area contributed by atoms with Crippen LogP contribution < -0.4 is 5.32 Å². The fraction of sp³-hybridized carbons (Fsp3) is 0.538. The van der Waals surface area contributed by atoms with Gasteiger partial charge in [0.05, 0.1) is 11.4 Å². The topological polar surface area (TPSA) is 49.4 Å². The van der Waals surface area contributed by atoms with Crippen molar-refractivity contribution < 1.29 is 8.42 Å². The number of terminal acetylenes is 1. The van der Waals surface area contributed by atoms with Crippen LogP contribution in [-0.2, 0) is 16.6 Å².